The molecule has 0 saturated heterocycles. The van der Waals surface area contributed by atoms with E-state index in [1.165, 1.54) is 0 Å². The smallest absolute Gasteiger partial charge is 0.177 e. The molecule has 0 aromatic rings. The molecule has 0 aliphatic heterocycles. The lowest BCUT2D eigenvalue weighted by Gasteiger charge is -2.27. The van der Waals surface area contributed by atoms with Crippen LogP contribution in [0, 0.1) is 0 Å². The van der Waals surface area contributed by atoms with E-state index < -0.39 is 5.79 Å². The number of hydrogen-bond acceptors (Lipinski definition) is 3. The van der Waals surface area contributed by atoms with Crippen LogP contribution in [0.1, 0.15) is 20.8 Å². The summed E-state index contributed by atoms with van der Waals surface area (Å²) in [5.74, 6) is -0.580. The van der Waals surface area contributed by atoms with Crippen molar-refractivity contribution in [2.75, 3.05) is 19.8 Å². The predicted octanol–water partition coefficient (Wildman–Crippen LogP) is 0.734. The lowest BCUT2D eigenvalue weighted by molar-refractivity contribution is -0.213. The van der Waals surface area contributed by atoms with Crippen molar-refractivity contribution in [2.45, 2.75) is 26.6 Å². The van der Waals surface area contributed by atoms with Gasteiger partial charge in [0.15, 0.2) is 5.79 Å². The van der Waals surface area contributed by atoms with Crippen molar-refractivity contribution in [3.63, 3.8) is 0 Å². The molecule has 10 heavy (non-hydrogen) atoms. The molecule has 3 heteroatoms. The van der Waals surface area contributed by atoms with Gasteiger partial charge in [0, 0.05) is 19.8 Å². The molecule has 0 atom stereocenters. The molecule has 0 bridgehead atoms. The van der Waals surface area contributed by atoms with Gasteiger partial charge in [0.2, 0.25) is 0 Å². The molecule has 0 heterocycles. The summed E-state index contributed by atoms with van der Waals surface area (Å²) in [4.78, 5) is 0. The second-order valence-electron chi connectivity index (χ2n) is 2.20. The minimum atomic E-state index is -0.580. The number of nitrogens with two attached hydrogens (primary N) is 1. The molecule has 0 radical (unpaired) electrons. The quantitative estimate of drug-likeness (QED) is 0.583. The third-order valence-corrected chi connectivity index (χ3v) is 1.27. The average molecular weight is 147 g/mol. The Bertz CT molecular complexity index is 79.7. The molecular weight excluding hydrogens is 130 g/mol. The van der Waals surface area contributed by atoms with Gasteiger partial charge in [0.25, 0.3) is 0 Å². The van der Waals surface area contributed by atoms with Gasteiger partial charge < -0.3 is 15.2 Å². The topological polar surface area (TPSA) is 44.5 Å². The molecule has 0 aliphatic rings. The SMILES string of the molecule is CCOC(C)(CN)OCC. The van der Waals surface area contributed by atoms with Crippen molar-refractivity contribution in [3.8, 4) is 0 Å². The summed E-state index contributed by atoms with van der Waals surface area (Å²) in [5.41, 5.74) is 5.43. The van der Waals surface area contributed by atoms with Crippen LogP contribution >= 0.6 is 0 Å². The fourth-order valence-corrected chi connectivity index (χ4v) is 0.770. The predicted molar refractivity (Wildman–Crippen MR) is 40.7 cm³/mol. The Morgan fingerprint density at radius 2 is 1.60 bits per heavy atom. The summed E-state index contributed by atoms with van der Waals surface area (Å²) in [6.45, 7) is 7.36. The van der Waals surface area contributed by atoms with Gasteiger partial charge in [-0.3, -0.25) is 0 Å². The van der Waals surface area contributed by atoms with Crippen molar-refractivity contribution in [1.29, 1.82) is 0 Å². The van der Waals surface area contributed by atoms with E-state index in [4.69, 9.17) is 15.2 Å². The lowest BCUT2D eigenvalue weighted by Crippen LogP contribution is -2.40. The zero-order chi connectivity index (χ0) is 8.04. The molecule has 0 fully saturated rings. The molecule has 0 aromatic carbocycles. The van der Waals surface area contributed by atoms with Crippen LogP contribution < -0.4 is 5.73 Å². The number of hydrogen-bond donors (Lipinski definition) is 1. The largest absolute Gasteiger partial charge is 0.349 e. The molecule has 0 rings (SSSR count). The van der Waals surface area contributed by atoms with Crippen molar-refractivity contribution in [1.82, 2.24) is 0 Å². The van der Waals surface area contributed by atoms with E-state index in [1.807, 2.05) is 20.8 Å². The van der Waals surface area contributed by atoms with Crippen LogP contribution in [0.4, 0.5) is 0 Å². The summed E-state index contributed by atoms with van der Waals surface area (Å²) in [6.07, 6.45) is 0. The van der Waals surface area contributed by atoms with Crippen LogP contribution in [0.5, 0.6) is 0 Å². The molecular formula is C7H17NO2. The van der Waals surface area contributed by atoms with Gasteiger partial charge in [-0.1, -0.05) is 0 Å². The molecule has 0 aliphatic carbocycles. The van der Waals surface area contributed by atoms with Gasteiger partial charge in [0.05, 0.1) is 0 Å². The molecule has 3 nitrogen and oxygen atoms in total. The standard InChI is InChI=1S/C7H17NO2/c1-4-9-7(3,6-8)10-5-2/h4-6,8H2,1-3H3. The Morgan fingerprint density at radius 1 is 1.20 bits per heavy atom. The Balaban J connectivity index is 3.69. The van der Waals surface area contributed by atoms with Crippen molar-refractivity contribution in [2.24, 2.45) is 5.73 Å². The highest BCUT2D eigenvalue weighted by atomic mass is 16.7. The zero-order valence-corrected chi connectivity index (χ0v) is 7.02. The second kappa shape index (κ2) is 4.66. The van der Waals surface area contributed by atoms with Gasteiger partial charge in [-0.15, -0.1) is 0 Å². The fraction of sp³-hybridized carbons (Fsp3) is 1.00. The normalized spacial score (nSPS) is 12.0. The minimum absolute atomic E-state index is 0.397. The summed E-state index contributed by atoms with van der Waals surface area (Å²) < 4.78 is 10.5. The van der Waals surface area contributed by atoms with Gasteiger partial charge in [0.1, 0.15) is 0 Å². The Hall–Kier alpha value is -0.120. The van der Waals surface area contributed by atoms with Crippen LogP contribution in [0.2, 0.25) is 0 Å². The minimum Gasteiger partial charge on any atom is -0.349 e. The van der Waals surface area contributed by atoms with Crippen LogP contribution in [0.15, 0.2) is 0 Å². The fourth-order valence-electron chi connectivity index (χ4n) is 0.770. The average Bonchev–Trinajstić information content (AvgIpc) is 1.89. The highest BCUT2D eigenvalue weighted by Crippen LogP contribution is 2.09. The number of ether oxygens (including phenoxy) is 2. The number of rotatable bonds is 5. The molecule has 0 unspecified atom stereocenters. The van der Waals surface area contributed by atoms with Gasteiger partial charge >= 0.3 is 0 Å². The van der Waals surface area contributed by atoms with E-state index in [0.717, 1.165) is 0 Å². The maximum atomic E-state index is 5.43. The molecule has 0 spiro atoms. The third kappa shape index (κ3) is 3.15. The molecule has 2 N–H and O–H groups in total. The van der Waals surface area contributed by atoms with E-state index in [-0.39, 0.29) is 0 Å². The first-order chi connectivity index (χ1) is 4.68. The Kier molecular flexibility index (Phi) is 4.60. The molecule has 0 amide bonds. The van der Waals surface area contributed by atoms with E-state index >= 15 is 0 Å². The third-order valence-electron chi connectivity index (χ3n) is 1.27. The lowest BCUT2D eigenvalue weighted by atomic mass is 10.3. The van der Waals surface area contributed by atoms with Crippen LogP contribution in [-0.2, 0) is 9.47 Å². The summed E-state index contributed by atoms with van der Waals surface area (Å²) in [5, 5.41) is 0. The van der Waals surface area contributed by atoms with Gasteiger partial charge in [-0.25, -0.2) is 0 Å². The second-order valence-corrected chi connectivity index (χ2v) is 2.20. The van der Waals surface area contributed by atoms with E-state index in [9.17, 15) is 0 Å². The van der Waals surface area contributed by atoms with Gasteiger partial charge in [-0.2, -0.15) is 0 Å². The Labute approximate surface area is 62.5 Å². The first kappa shape index (κ1) is 9.88. The van der Waals surface area contributed by atoms with E-state index in [1.54, 1.807) is 0 Å². The zero-order valence-electron chi connectivity index (χ0n) is 7.02. The van der Waals surface area contributed by atoms with Gasteiger partial charge in [-0.05, 0) is 20.8 Å². The van der Waals surface area contributed by atoms with Crippen molar-refractivity contribution in [3.05, 3.63) is 0 Å². The maximum absolute atomic E-state index is 5.43. The van der Waals surface area contributed by atoms with Crippen molar-refractivity contribution < 1.29 is 9.47 Å². The first-order valence-corrected chi connectivity index (χ1v) is 3.66. The van der Waals surface area contributed by atoms with Crippen molar-refractivity contribution >= 4 is 0 Å². The van der Waals surface area contributed by atoms with Crippen LogP contribution in [0.25, 0.3) is 0 Å². The molecule has 0 aromatic heterocycles. The van der Waals surface area contributed by atoms with Crippen LogP contribution in [-0.4, -0.2) is 25.5 Å². The summed E-state index contributed by atoms with van der Waals surface area (Å²) in [6, 6.07) is 0. The maximum Gasteiger partial charge on any atom is 0.177 e. The Morgan fingerprint density at radius 3 is 1.80 bits per heavy atom. The summed E-state index contributed by atoms with van der Waals surface area (Å²) >= 11 is 0. The highest BCUT2D eigenvalue weighted by molar-refractivity contribution is 4.62. The first-order valence-electron chi connectivity index (χ1n) is 3.66. The monoisotopic (exact) mass is 147 g/mol. The highest BCUT2D eigenvalue weighted by Gasteiger charge is 2.21. The molecule has 0 saturated carbocycles. The molecule has 62 valence electrons. The van der Waals surface area contributed by atoms with E-state index in [2.05, 4.69) is 0 Å². The van der Waals surface area contributed by atoms with Crippen LogP contribution in [0.3, 0.4) is 0 Å². The van der Waals surface area contributed by atoms with E-state index in [0.29, 0.717) is 19.8 Å². The summed E-state index contributed by atoms with van der Waals surface area (Å²) in [7, 11) is 0.